The number of anilines is 2. The number of nitrogens with one attached hydrogen (secondary N) is 3. The van der Waals surface area contributed by atoms with E-state index in [1.165, 1.54) is 12.4 Å². The number of amides is 3. The van der Waals surface area contributed by atoms with E-state index in [-0.39, 0.29) is 30.1 Å². The van der Waals surface area contributed by atoms with Crippen molar-refractivity contribution < 1.29 is 14.4 Å². The zero-order valence-corrected chi connectivity index (χ0v) is 27.7. The lowest BCUT2D eigenvalue weighted by atomic mass is 10.0. The Labute approximate surface area is 279 Å². The van der Waals surface area contributed by atoms with Gasteiger partial charge in [-0.1, -0.05) is 62.4 Å². The molecule has 13 heteroatoms. The molecule has 3 amide bonds. The lowest BCUT2D eigenvalue weighted by Crippen LogP contribution is -2.49. The van der Waals surface area contributed by atoms with Crippen LogP contribution in [0, 0.1) is 5.92 Å². The third-order valence-electron chi connectivity index (χ3n) is 7.87. The number of thioether (sulfide) groups is 1. The molecule has 1 aliphatic heterocycles. The van der Waals surface area contributed by atoms with Crippen LogP contribution in [-0.4, -0.2) is 78.5 Å². The lowest BCUT2D eigenvalue weighted by Gasteiger charge is -2.28. The Kier molecular flexibility index (Phi) is 11.6. The maximum Gasteiger partial charge on any atom is 0.257 e. The summed E-state index contributed by atoms with van der Waals surface area (Å²) in [5.74, 6) is 1.45. The summed E-state index contributed by atoms with van der Waals surface area (Å²) in [6.07, 6.45) is 6.06. The Morgan fingerprint density at radius 3 is 2.36 bits per heavy atom. The van der Waals surface area contributed by atoms with E-state index in [4.69, 9.17) is 10.1 Å². The van der Waals surface area contributed by atoms with Crippen molar-refractivity contribution in [3.63, 3.8) is 0 Å². The molecule has 0 saturated carbocycles. The van der Waals surface area contributed by atoms with Gasteiger partial charge in [0.15, 0.2) is 11.6 Å². The van der Waals surface area contributed by atoms with Gasteiger partial charge in [-0.15, -0.1) is 0 Å². The number of hydrogen-bond acceptors (Lipinski definition) is 9. The van der Waals surface area contributed by atoms with Crippen molar-refractivity contribution in [2.45, 2.75) is 51.7 Å². The summed E-state index contributed by atoms with van der Waals surface area (Å²) in [6.45, 7) is 4.97. The number of nitrogens with zero attached hydrogens (tertiary/aromatic N) is 6. The Morgan fingerprint density at radius 2 is 1.68 bits per heavy atom. The van der Waals surface area contributed by atoms with E-state index in [9.17, 15) is 14.4 Å². The average molecular weight is 656 g/mol. The van der Waals surface area contributed by atoms with Gasteiger partial charge < -0.3 is 20.9 Å². The summed E-state index contributed by atoms with van der Waals surface area (Å²) >= 11 is 1.62. The van der Waals surface area contributed by atoms with Gasteiger partial charge in [-0.3, -0.25) is 14.4 Å². The van der Waals surface area contributed by atoms with Crippen LogP contribution in [0.5, 0.6) is 0 Å². The maximum absolute atomic E-state index is 13.8. The molecule has 4 aromatic rings. The Bertz CT molecular complexity index is 1630. The number of carbonyl (C=O) groups excluding carboxylic acids is 3. The van der Waals surface area contributed by atoms with Crippen molar-refractivity contribution in [2.24, 2.45) is 5.92 Å². The number of fused-ring (bicyclic) bond motifs is 1. The third kappa shape index (κ3) is 8.94. The molecular formula is C34H41N9O3S. The number of rotatable bonds is 8. The smallest absolute Gasteiger partial charge is 0.257 e. The first-order valence-electron chi connectivity index (χ1n) is 15.8. The van der Waals surface area contributed by atoms with Gasteiger partial charge in [-0.05, 0) is 42.9 Å². The van der Waals surface area contributed by atoms with Crippen molar-refractivity contribution in [3.05, 3.63) is 84.4 Å². The molecule has 2 atom stereocenters. The van der Waals surface area contributed by atoms with Crippen LogP contribution in [0.2, 0.25) is 0 Å². The number of carbonyl (C=O) groups is 3. The standard InChI is InChI=1S/C34H41N9O3S/c1-23(2)29-31-40-30(24-11-6-4-7-12-24)41-43(31)19-18-42(17-10-15-28(44)38-27(16-20-47-3)32(45)39-29)33(46)25-21-35-34(36-22-25)37-26-13-8-5-9-14-26/h4-9,11-14,21-23,27,29H,10,15-20H2,1-3H3,(H,38,44)(H,39,45)(H,35,36,37)/t27-,29+/m0/s1. The van der Waals surface area contributed by atoms with E-state index in [0.29, 0.717) is 61.4 Å². The average Bonchev–Trinajstić information content (AvgIpc) is 3.51. The minimum Gasteiger partial charge on any atom is -0.344 e. The monoisotopic (exact) mass is 655 g/mol. The number of aromatic nitrogens is 5. The normalized spacial score (nSPS) is 17.7. The van der Waals surface area contributed by atoms with Crippen LogP contribution >= 0.6 is 11.8 Å². The molecule has 2 aromatic heterocycles. The summed E-state index contributed by atoms with van der Waals surface area (Å²) in [6, 6.07) is 18.0. The van der Waals surface area contributed by atoms with Crippen molar-refractivity contribution in [1.82, 2.24) is 40.3 Å². The lowest BCUT2D eigenvalue weighted by molar-refractivity contribution is -0.129. The molecular weight excluding hydrogens is 615 g/mol. The SMILES string of the molecule is CSCC[C@@H]1NC(=O)CCCN(C(=O)c2cnc(Nc3ccccc3)nc2)CCn2nc(-c3ccccc3)nc2[C@@H](C(C)C)NC1=O. The molecule has 12 nitrogen and oxygen atoms in total. The fraction of sp³-hybridized carbons (Fsp3) is 0.382. The molecule has 3 N–H and O–H groups in total. The van der Waals surface area contributed by atoms with Crippen molar-refractivity contribution in [2.75, 3.05) is 30.4 Å². The summed E-state index contributed by atoms with van der Waals surface area (Å²) < 4.78 is 1.79. The predicted molar refractivity (Wildman–Crippen MR) is 183 cm³/mol. The van der Waals surface area contributed by atoms with Crippen LogP contribution in [-0.2, 0) is 16.1 Å². The van der Waals surface area contributed by atoms with Gasteiger partial charge in [0.05, 0.1) is 18.2 Å². The molecule has 0 unspecified atom stereocenters. The van der Waals surface area contributed by atoms with Crippen LogP contribution in [0.4, 0.5) is 11.6 Å². The van der Waals surface area contributed by atoms with Crippen molar-refractivity contribution >= 4 is 41.1 Å². The van der Waals surface area contributed by atoms with Crippen LogP contribution in [0.3, 0.4) is 0 Å². The highest BCUT2D eigenvalue weighted by Gasteiger charge is 2.30. The number of para-hydroxylation sites is 1. The second kappa shape index (κ2) is 16.2. The highest BCUT2D eigenvalue weighted by atomic mass is 32.2. The predicted octanol–water partition coefficient (Wildman–Crippen LogP) is 4.47. The molecule has 1 aliphatic rings. The van der Waals surface area contributed by atoms with E-state index in [0.717, 1.165) is 11.3 Å². The topological polar surface area (TPSA) is 147 Å². The fourth-order valence-corrected chi connectivity index (χ4v) is 5.78. The molecule has 0 radical (unpaired) electrons. The summed E-state index contributed by atoms with van der Waals surface area (Å²) in [5.41, 5.74) is 2.02. The zero-order valence-electron chi connectivity index (χ0n) is 26.9. The van der Waals surface area contributed by atoms with E-state index in [2.05, 4.69) is 25.9 Å². The molecule has 0 spiro atoms. The number of benzene rings is 2. The van der Waals surface area contributed by atoms with Crippen LogP contribution < -0.4 is 16.0 Å². The van der Waals surface area contributed by atoms with Crippen molar-refractivity contribution in [3.8, 4) is 11.4 Å². The molecule has 246 valence electrons. The van der Waals surface area contributed by atoms with Crippen molar-refractivity contribution in [1.29, 1.82) is 0 Å². The molecule has 47 heavy (non-hydrogen) atoms. The van der Waals surface area contributed by atoms with Gasteiger partial charge in [0.2, 0.25) is 17.8 Å². The molecule has 0 fully saturated rings. The fourth-order valence-electron chi connectivity index (χ4n) is 5.31. The maximum atomic E-state index is 13.8. The van der Waals surface area contributed by atoms with Gasteiger partial charge in [-0.2, -0.15) is 16.9 Å². The van der Waals surface area contributed by atoms with Gasteiger partial charge >= 0.3 is 0 Å². The summed E-state index contributed by atoms with van der Waals surface area (Å²) in [5, 5.41) is 14.1. The molecule has 5 rings (SSSR count). The van der Waals surface area contributed by atoms with E-state index < -0.39 is 12.1 Å². The minimum atomic E-state index is -0.693. The molecule has 0 saturated heterocycles. The van der Waals surface area contributed by atoms with Crippen LogP contribution in [0.15, 0.2) is 73.1 Å². The Balaban J connectivity index is 1.45. The first-order chi connectivity index (χ1) is 22.8. The largest absolute Gasteiger partial charge is 0.344 e. The van der Waals surface area contributed by atoms with E-state index in [1.54, 1.807) is 21.3 Å². The second-order valence-corrected chi connectivity index (χ2v) is 12.7. The van der Waals surface area contributed by atoms with Crippen LogP contribution in [0.25, 0.3) is 11.4 Å². The van der Waals surface area contributed by atoms with Gasteiger partial charge in [-0.25, -0.2) is 19.6 Å². The molecule has 3 heterocycles. The zero-order chi connectivity index (χ0) is 33.2. The minimum absolute atomic E-state index is 0.0341. The van der Waals surface area contributed by atoms with Gasteiger partial charge in [0.1, 0.15) is 6.04 Å². The quantitative estimate of drug-likeness (QED) is 0.250. The highest BCUT2D eigenvalue weighted by molar-refractivity contribution is 7.98. The summed E-state index contributed by atoms with van der Waals surface area (Å²) in [7, 11) is 0. The second-order valence-electron chi connectivity index (χ2n) is 11.7. The van der Waals surface area contributed by atoms with E-state index >= 15 is 0 Å². The Morgan fingerprint density at radius 1 is 0.979 bits per heavy atom. The van der Waals surface area contributed by atoms with Crippen LogP contribution in [0.1, 0.15) is 55.3 Å². The Hall–Kier alpha value is -4.78. The molecule has 0 bridgehead atoms. The molecule has 0 aliphatic carbocycles. The third-order valence-corrected chi connectivity index (χ3v) is 8.51. The first-order valence-corrected chi connectivity index (χ1v) is 17.2. The first kappa shape index (κ1) is 33.6. The highest BCUT2D eigenvalue weighted by Crippen LogP contribution is 2.25. The van der Waals surface area contributed by atoms with E-state index in [1.807, 2.05) is 80.8 Å². The van der Waals surface area contributed by atoms with Gasteiger partial charge in [0.25, 0.3) is 5.91 Å². The molecule has 2 aromatic carbocycles. The summed E-state index contributed by atoms with van der Waals surface area (Å²) in [4.78, 5) is 55.8. The number of hydrogen-bond donors (Lipinski definition) is 3. The van der Waals surface area contributed by atoms with Gasteiger partial charge in [0, 0.05) is 43.2 Å².